The molecule has 0 bridgehead atoms. The number of aromatic nitrogens is 2. The second-order valence-electron chi connectivity index (χ2n) is 4.26. The Labute approximate surface area is 91.8 Å². The van der Waals surface area contributed by atoms with Crippen LogP contribution in [0.1, 0.15) is 26.3 Å². The van der Waals surface area contributed by atoms with E-state index in [2.05, 4.69) is 37.9 Å². The highest BCUT2D eigenvalue weighted by Crippen LogP contribution is 2.12. The summed E-state index contributed by atoms with van der Waals surface area (Å²) in [7, 11) is 4.13. The van der Waals surface area contributed by atoms with Crippen LogP contribution in [0.3, 0.4) is 0 Å². The fourth-order valence-corrected chi connectivity index (χ4v) is 1.25. The van der Waals surface area contributed by atoms with Crippen LogP contribution < -0.4 is 4.74 Å². The van der Waals surface area contributed by atoms with Crippen LogP contribution in [0.25, 0.3) is 0 Å². The Morgan fingerprint density at radius 2 is 2.20 bits per heavy atom. The van der Waals surface area contributed by atoms with Gasteiger partial charge in [-0.2, -0.15) is 5.10 Å². The summed E-state index contributed by atoms with van der Waals surface area (Å²) in [6, 6.07) is 0.393. The van der Waals surface area contributed by atoms with Crippen molar-refractivity contribution in [3.63, 3.8) is 0 Å². The summed E-state index contributed by atoms with van der Waals surface area (Å²) in [5, 5.41) is 4.21. The monoisotopic (exact) mass is 211 g/mol. The van der Waals surface area contributed by atoms with Crippen molar-refractivity contribution in [3.05, 3.63) is 12.4 Å². The summed E-state index contributed by atoms with van der Waals surface area (Å²) in [5.74, 6) is 0.863. The number of hydrogen-bond acceptors (Lipinski definition) is 3. The third-order valence-electron chi connectivity index (χ3n) is 2.13. The Morgan fingerprint density at radius 1 is 1.47 bits per heavy atom. The molecule has 4 heteroatoms. The van der Waals surface area contributed by atoms with Gasteiger partial charge in [0.25, 0.3) is 0 Å². The van der Waals surface area contributed by atoms with E-state index in [0.29, 0.717) is 6.04 Å². The molecule has 0 saturated carbocycles. The molecule has 15 heavy (non-hydrogen) atoms. The van der Waals surface area contributed by atoms with Crippen LogP contribution in [0.5, 0.6) is 5.75 Å². The SMILES string of the molecule is CC(C)n1cc(OCCCN(C)C)cn1. The fourth-order valence-electron chi connectivity index (χ4n) is 1.25. The quantitative estimate of drug-likeness (QED) is 0.672. The maximum Gasteiger partial charge on any atom is 0.157 e. The molecule has 0 fully saturated rings. The van der Waals surface area contributed by atoms with Gasteiger partial charge in [0.15, 0.2) is 5.75 Å². The van der Waals surface area contributed by atoms with E-state index in [1.54, 1.807) is 6.20 Å². The van der Waals surface area contributed by atoms with Gasteiger partial charge in [0.2, 0.25) is 0 Å². The van der Waals surface area contributed by atoms with Gasteiger partial charge in [0, 0.05) is 12.6 Å². The summed E-state index contributed by atoms with van der Waals surface area (Å²) < 4.78 is 7.48. The Hall–Kier alpha value is -1.03. The number of rotatable bonds is 6. The first kappa shape index (κ1) is 12.0. The van der Waals surface area contributed by atoms with E-state index in [1.165, 1.54) is 0 Å². The van der Waals surface area contributed by atoms with E-state index in [4.69, 9.17) is 4.74 Å². The summed E-state index contributed by atoms with van der Waals surface area (Å²) >= 11 is 0. The second-order valence-corrected chi connectivity index (χ2v) is 4.26. The first-order valence-electron chi connectivity index (χ1n) is 5.41. The van der Waals surface area contributed by atoms with Gasteiger partial charge in [-0.15, -0.1) is 0 Å². The molecule has 1 heterocycles. The number of nitrogens with zero attached hydrogens (tertiary/aromatic N) is 3. The number of hydrogen-bond donors (Lipinski definition) is 0. The van der Waals surface area contributed by atoms with E-state index < -0.39 is 0 Å². The van der Waals surface area contributed by atoms with Crippen molar-refractivity contribution in [1.29, 1.82) is 0 Å². The van der Waals surface area contributed by atoms with Crippen LogP contribution in [-0.2, 0) is 0 Å². The predicted octanol–water partition coefficient (Wildman–Crippen LogP) is 1.79. The van der Waals surface area contributed by atoms with E-state index in [0.717, 1.165) is 25.3 Å². The molecule has 0 radical (unpaired) electrons. The Morgan fingerprint density at radius 3 is 2.73 bits per heavy atom. The summed E-state index contributed by atoms with van der Waals surface area (Å²) in [5.41, 5.74) is 0. The molecule has 0 N–H and O–H groups in total. The third kappa shape index (κ3) is 4.34. The zero-order chi connectivity index (χ0) is 11.3. The molecule has 0 aromatic carbocycles. The van der Waals surface area contributed by atoms with E-state index >= 15 is 0 Å². The van der Waals surface area contributed by atoms with Crippen LogP contribution in [0.15, 0.2) is 12.4 Å². The smallest absolute Gasteiger partial charge is 0.157 e. The lowest BCUT2D eigenvalue weighted by atomic mass is 10.4. The predicted molar refractivity (Wildman–Crippen MR) is 61.3 cm³/mol. The Kier molecular flexibility index (Phi) is 4.62. The molecule has 0 unspecified atom stereocenters. The molecule has 0 aliphatic rings. The van der Waals surface area contributed by atoms with Crippen molar-refractivity contribution in [2.24, 2.45) is 0 Å². The zero-order valence-electron chi connectivity index (χ0n) is 10.1. The molecule has 4 nitrogen and oxygen atoms in total. The van der Waals surface area contributed by atoms with Crippen molar-refractivity contribution in [2.75, 3.05) is 27.2 Å². The highest BCUT2D eigenvalue weighted by Gasteiger charge is 2.01. The van der Waals surface area contributed by atoms with Crippen LogP contribution in [0.2, 0.25) is 0 Å². The van der Waals surface area contributed by atoms with Crippen molar-refractivity contribution >= 4 is 0 Å². The fraction of sp³-hybridized carbons (Fsp3) is 0.727. The Balaban J connectivity index is 2.26. The molecule has 1 rings (SSSR count). The highest BCUT2D eigenvalue weighted by atomic mass is 16.5. The maximum atomic E-state index is 5.58. The molecule has 0 aliphatic carbocycles. The first-order valence-corrected chi connectivity index (χ1v) is 5.41. The molecule has 0 atom stereocenters. The molecule has 0 saturated heterocycles. The molecular formula is C11H21N3O. The largest absolute Gasteiger partial charge is 0.490 e. The van der Waals surface area contributed by atoms with Gasteiger partial charge in [0.05, 0.1) is 19.0 Å². The molecule has 1 aromatic heterocycles. The molecular weight excluding hydrogens is 190 g/mol. The lowest BCUT2D eigenvalue weighted by Crippen LogP contribution is -2.15. The lowest BCUT2D eigenvalue weighted by Gasteiger charge is -2.09. The van der Waals surface area contributed by atoms with Crippen LogP contribution >= 0.6 is 0 Å². The molecule has 0 spiro atoms. The van der Waals surface area contributed by atoms with E-state index in [-0.39, 0.29) is 0 Å². The van der Waals surface area contributed by atoms with Crippen molar-refractivity contribution < 1.29 is 4.74 Å². The first-order chi connectivity index (χ1) is 7.09. The molecule has 0 amide bonds. The highest BCUT2D eigenvalue weighted by molar-refractivity contribution is 5.11. The van der Waals surface area contributed by atoms with E-state index in [1.807, 2.05) is 10.9 Å². The van der Waals surface area contributed by atoms with Gasteiger partial charge in [0.1, 0.15) is 0 Å². The standard InChI is InChI=1S/C11H21N3O/c1-10(2)14-9-11(8-12-14)15-7-5-6-13(3)4/h8-10H,5-7H2,1-4H3. The average Bonchev–Trinajstić information content (AvgIpc) is 2.60. The minimum Gasteiger partial charge on any atom is -0.490 e. The molecule has 86 valence electrons. The van der Waals surface area contributed by atoms with Crippen molar-refractivity contribution in [1.82, 2.24) is 14.7 Å². The van der Waals surface area contributed by atoms with Gasteiger partial charge in [-0.3, -0.25) is 4.68 Å². The summed E-state index contributed by atoms with van der Waals surface area (Å²) in [6.45, 7) is 6.01. The topological polar surface area (TPSA) is 30.3 Å². The van der Waals surface area contributed by atoms with E-state index in [9.17, 15) is 0 Å². The number of ether oxygens (including phenoxy) is 1. The molecule has 0 aliphatic heterocycles. The van der Waals surface area contributed by atoms with Gasteiger partial charge in [-0.05, 0) is 34.4 Å². The minimum atomic E-state index is 0.393. The third-order valence-corrected chi connectivity index (χ3v) is 2.13. The van der Waals surface area contributed by atoms with Crippen LogP contribution in [-0.4, -0.2) is 41.9 Å². The van der Waals surface area contributed by atoms with Gasteiger partial charge >= 0.3 is 0 Å². The Bertz CT molecular complexity index is 281. The van der Waals surface area contributed by atoms with Gasteiger partial charge in [-0.1, -0.05) is 0 Å². The maximum absolute atomic E-state index is 5.58. The average molecular weight is 211 g/mol. The van der Waals surface area contributed by atoms with Gasteiger partial charge < -0.3 is 9.64 Å². The zero-order valence-corrected chi connectivity index (χ0v) is 10.1. The van der Waals surface area contributed by atoms with Crippen molar-refractivity contribution in [3.8, 4) is 5.75 Å². The van der Waals surface area contributed by atoms with Crippen LogP contribution in [0, 0.1) is 0 Å². The summed E-state index contributed by atoms with van der Waals surface area (Å²) in [6.07, 6.45) is 4.76. The lowest BCUT2D eigenvalue weighted by molar-refractivity contribution is 0.281. The van der Waals surface area contributed by atoms with Crippen LogP contribution in [0.4, 0.5) is 0 Å². The second kappa shape index (κ2) is 5.75. The normalized spacial score (nSPS) is 11.3. The van der Waals surface area contributed by atoms with Gasteiger partial charge in [-0.25, -0.2) is 0 Å². The molecule has 1 aromatic rings. The summed E-state index contributed by atoms with van der Waals surface area (Å²) in [4.78, 5) is 2.15. The van der Waals surface area contributed by atoms with Crippen molar-refractivity contribution in [2.45, 2.75) is 26.3 Å². The minimum absolute atomic E-state index is 0.393.